The van der Waals surface area contributed by atoms with Gasteiger partial charge in [-0.25, -0.2) is 0 Å². The predicted molar refractivity (Wildman–Crippen MR) is 99.3 cm³/mol. The minimum absolute atomic E-state index is 0.0433. The Morgan fingerprint density at radius 2 is 2.12 bits per heavy atom. The molecule has 5 nitrogen and oxygen atoms in total. The summed E-state index contributed by atoms with van der Waals surface area (Å²) in [6, 6.07) is 2.31. The van der Waals surface area contributed by atoms with Crippen molar-refractivity contribution in [3.63, 3.8) is 0 Å². The van der Waals surface area contributed by atoms with Crippen LogP contribution in [0.3, 0.4) is 0 Å². The standard InChI is InChI=1S/C21H27NO4/c1-11-7-12(2)18-14(9-26-20(18)13(11)3)8-17(23)22-19-15-5-6-25-21(15)16(19)10-24-4/h7,9,15-16,19,21H,5-6,8,10H2,1-4H3,(H,22,23)/t15-,16-,19-,21-/m0/s1. The number of nitrogens with one attached hydrogen (secondary N) is 1. The lowest BCUT2D eigenvalue weighted by atomic mass is 9.67. The molecule has 1 aromatic heterocycles. The quantitative estimate of drug-likeness (QED) is 0.893. The first-order valence-corrected chi connectivity index (χ1v) is 9.38. The average Bonchev–Trinajstić information content (AvgIpc) is 3.21. The topological polar surface area (TPSA) is 60.7 Å². The van der Waals surface area contributed by atoms with Gasteiger partial charge in [0.2, 0.25) is 5.91 Å². The van der Waals surface area contributed by atoms with Crippen LogP contribution < -0.4 is 5.32 Å². The lowest BCUT2D eigenvalue weighted by molar-refractivity contribution is -0.129. The monoisotopic (exact) mass is 357 g/mol. The molecule has 1 amide bonds. The highest BCUT2D eigenvalue weighted by Crippen LogP contribution is 2.43. The van der Waals surface area contributed by atoms with Crippen molar-refractivity contribution < 1.29 is 18.7 Å². The molecule has 4 rings (SSSR count). The van der Waals surface area contributed by atoms with Gasteiger partial charge in [0.15, 0.2) is 0 Å². The van der Waals surface area contributed by atoms with Gasteiger partial charge < -0.3 is 19.2 Å². The SMILES string of the molecule is COC[C@H]1[C@@H](NC(=O)Cc2coc3c(C)c(C)cc(C)c23)[C@@H]2CCO[C@@H]21. The summed E-state index contributed by atoms with van der Waals surface area (Å²) in [5, 5.41) is 4.31. The van der Waals surface area contributed by atoms with E-state index in [1.54, 1.807) is 13.4 Å². The highest BCUT2D eigenvalue weighted by atomic mass is 16.5. The number of fused-ring (bicyclic) bond motifs is 2. The molecule has 0 unspecified atom stereocenters. The molecule has 1 saturated carbocycles. The van der Waals surface area contributed by atoms with Crippen LogP contribution in [0.25, 0.3) is 11.0 Å². The summed E-state index contributed by atoms with van der Waals surface area (Å²) < 4.78 is 16.9. The summed E-state index contributed by atoms with van der Waals surface area (Å²) in [5.74, 6) is 0.720. The van der Waals surface area contributed by atoms with Crippen molar-refractivity contribution in [2.45, 2.75) is 45.8 Å². The van der Waals surface area contributed by atoms with Crippen LogP contribution >= 0.6 is 0 Å². The molecule has 2 aliphatic rings. The van der Waals surface area contributed by atoms with Gasteiger partial charge >= 0.3 is 0 Å². The Morgan fingerprint density at radius 1 is 1.31 bits per heavy atom. The summed E-state index contributed by atoms with van der Waals surface area (Å²) >= 11 is 0. The highest BCUT2D eigenvalue weighted by Gasteiger charge is 2.54. The van der Waals surface area contributed by atoms with E-state index in [0.29, 0.717) is 18.9 Å². The van der Waals surface area contributed by atoms with Gasteiger partial charge in [-0.2, -0.15) is 0 Å². The number of ether oxygens (including phenoxy) is 2. The van der Waals surface area contributed by atoms with Gasteiger partial charge in [0.25, 0.3) is 0 Å². The van der Waals surface area contributed by atoms with Crippen LogP contribution in [-0.4, -0.2) is 38.4 Å². The zero-order valence-electron chi connectivity index (χ0n) is 15.9. The maximum Gasteiger partial charge on any atom is 0.224 e. The van der Waals surface area contributed by atoms with E-state index in [-0.39, 0.29) is 24.0 Å². The van der Waals surface area contributed by atoms with Crippen LogP contribution in [0.5, 0.6) is 0 Å². The van der Waals surface area contributed by atoms with Crippen molar-refractivity contribution in [2.24, 2.45) is 11.8 Å². The van der Waals surface area contributed by atoms with Gasteiger partial charge in [0.1, 0.15) is 5.58 Å². The second-order valence-electron chi connectivity index (χ2n) is 7.78. The van der Waals surface area contributed by atoms with Crippen LogP contribution in [0.1, 0.15) is 28.7 Å². The fourth-order valence-corrected chi connectivity index (χ4v) is 4.76. The Kier molecular flexibility index (Phi) is 4.53. The number of hydrogen-bond acceptors (Lipinski definition) is 4. The molecule has 0 bridgehead atoms. The molecule has 140 valence electrons. The Balaban J connectivity index is 1.50. The number of aryl methyl sites for hydroxylation is 3. The van der Waals surface area contributed by atoms with Crippen molar-refractivity contribution in [1.82, 2.24) is 5.32 Å². The van der Waals surface area contributed by atoms with Gasteiger partial charge in [0, 0.05) is 42.5 Å². The van der Waals surface area contributed by atoms with E-state index in [9.17, 15) is 4.79 Å². The number of methoxy groups -OCH3 is 1. The molecule has 1 aliphatic carbocycles. The molecule has 0 radical (unpaired) electrons. The molecule has 1 saturated heterocycles. The van der Waals surface area contributed by atoms with Gasteiger partial charge in [-0.05, 0) is 43.9 Å². The lowest BCUT2D eigenvalue weighted by Crippen LogP contribution is -2.62. The van der Waals surface area contributed by atoms with E-state index in [1.165, 1.54) is 5.56 Å². The molecule has 1 aliphatic heterocycles. The number of amides is 1. The van der Waals surface area contributed by atoms with Gasteiger partial charge in [-0.3, -0.25) is 4.79 Å². The fourth-order valence-electron chi connectivity index (χ4n) is 4.76. The first-order chi connectivity index (χ1) is 12.5. The first kappa shape index (κ1) is 17.6. The third-order valence-corrected chi connectivity index (χ3v) is 6.19. The van der Waals surface area contributed by atoms with Crippen LogP contribution in [0.4, 0.5) is 0 Å². The van der Waals surface area contributed by atoms with Crippen LogP contribution in [0, 0.1) is 32.6 Å². The Hall–Kier alpha value is -1.85. The summed E-state index contributed by atoms with van der Waals surface area (Å²) in [6.07, 6.45) is 3.33. The Morgan fingerprint density at radius 3 is 2.88 bits per heavy atom. The molecule has 4 atom stereocenters. The Labute approximate surface area is 154 Å². The average molecular weight is 357 g/mol. The number of carbonyl (C=O) groups is 1. The van der Waals surface area contributed by atoms with Crippen LogP contribution in [0.15, 0.2) is 16.7 Å². The van der Waals surface area contributed by atoms with E-state index in [0.717, 1.165) is 40.7 Å². The lowest BCUT2D eigenvalue weighted by Gasteiger charge is -2.47. The molecule has 26 heavy (non-hydrogen) atoms. The third kappa shape index (κ3) is 2.74. The minimum Gasteiger partial charge on any atom is -0.464 e. The van der Waals surface area contributed by atoms with E-state index < -0.39 is 0 Å². The molecule has 5 heteroatoms. The number of carbonyl (C=O) groups excluding carboxylic acids is 1. The zero-order chi connectivity index (χ0) is 18.4. The van der Waals surface area contributed by atoms with Crippen molar-refractivity contribution in [1.29, 1.82) is 0 Å². The van der Waals surface area contributed by atoms with Gasteiger partial charge in [0.05, 0.1) is 25.4 Å². The molecule has 1 aromatic carbocycles. The minimum atomic E-state index is 0.0433. The Bertz CT molecular complexity index is 840. The van der Waals surface area contributed by atoms with Crippen molar-refractivity contribution in [2.75, 3.05) is 20.3 Å². The summed E-state index contributed by atoms with van der Waals surface area (Å²) in [4.78, 5) is 12.7. The first-order valence-electron chi connectivity index (χ1n) is 9.38. The van der Waals surface area contributed by atoms with Gasteiger partial charge in [-0.1, -0.05) is 6.07 Å². The predicted octanol–water partition coefficient (Wildman–Crippen LogP) is 3.07. The molecule has 2 aromatic rings. The van der Waals surface area contributed by atoms with E-state index in [4.69, 9.17) is 13.9 Å². The van der Waals surface area contributed by atoms with Crippen molar-refractivity contribution >= 4 is 16.9 Å². The van der Waals surface area contributed by atoms with Gasteiger partial charge in [-0.15, -0.1) is 0 Å². The molecule has 1 N–H and O–H groups in total. The van der Waals surface area contributed by atoms with Crippen LogP contribution in [-0.2, 0) is 20.7 Å². The summed E-state index contributed by atoms with van der Waals surface area (Å²) in [5.41, 5.74) is 5.37. The molecule has 0 spiro atoms. The zero-order valence-corrected chi connectivity index (χ0v) is 15.9. The fraction of sp³-hybridized carbons (Fsp3) is 0.571. The number of rotatable bonds is 5. The molecular formula is C21H27NO4. The largest absolute Gasteiger partial charge is 0.464 e. The van der Waals surface area contributed by atoms with E-state index in [1.807, 2.05) is 0 Å². The van der Waals surface area contributed by atoms with Crippen LogP contribution in [0.2, 0.25) is 0 Å². The maximum atomic E-state index is 12.7. The number of benzene rings is 1. The normalized spacial score (nSPS) is 27.4. The van der Waals surface area contributed by atoms with E-state index >= 15 is 0 Å². The van der Waals surface area contributed by atoms with Crippen molar-refractivity contribution in [3.05, 3.63) is 34.6 Å². The maximum absolute atomic E-state index is 12.7. The van der Waals surface area contributed by atoms with Crippen molar-refractivity contribution in [3.8, 4) is 0 Å². The summed E-state index contributed by atoms with van der Waals surface area (Å²) in [6.45, 7) is 7.63. The second kappa shape index (κ2) is 6.71. The third-order valence-electron chi connectivity index (χ3n) is 6.19. The van der Waals surface area contributed by atoms with E-state index in [2.05, 4.69) is 32.2 Å². The smallest absolute Gasteiger partial charge is 0.224 e. The molecule has 2 fully saturated rings. The molecule has 2 heterocycles. The number of furan rings is 1. The highest BCUT2D eigenvalue weighted by molar-refractivity contribution is 5.92. The number of hydrogen-bond donors (Lipinski definition) is 1. The molecular weight excluding hydrogens is 330 g/mol. The second-order valence-corrected chi connectivity index (χ2v) is 7.78. The summed E-state index contributed by atoms with van der Waals surface area (Å²) in [7, 11) is 1.70.